The Kier molecular flexibility index (Phi) is 5.15. The number of nitrogens with one attached hydrogen (secondary N) is 1. The van der Waals surface area contributed by atoms with Crippen molar-refractivity contribution in [3.63, 3.8) is 0 Å². The van der Waals surface area contributed by atoms with E-state index in [1.807, 2.05) is 31.2 Å². The van der Waals surface area contributed by atoms with Crippen LogP contribution in [0.1, 0.15) is 29.8 Å². The topological polar surface area (TPSA) is 49.3 Å². The number of rotatable bonds is 6. The van der Waals surface area contributed by atoms with Gasteiger partial charge in [-0.1, -0.05) is 31.2 Å². The molecule has 0 aliphatic rings. The van der Waals surface area contributed by atoms with Crippen molar-refractivity contribution in [1.82, 2.24) is 5.32 Å². The second kappa shape index (κ2) is 6.40. The molecule has 0 fully saturated rings. The fourth-order valence-electron chi connectivity index (χ4n) is 1.70. The molecule has 2 unspecified atom stereocenters. The summed E-state index contributed by atoms with van der Waals surface area (Å²) in [6.07, 6.45) is 1.73. The van der Waals surface area contributed by atoms with Crippen LogP contribution in [0.5, 0.6) is 0 Å². The molecule has 1 aromatic carbocycles. The van der Waals surface area contributed by atoms with Crippen molar-refractivity contribution in [2.45, 2.75) is 26.3 Å². The van der Waals surface area contributed by atoms with E-state index in [2.05, 4.69) is 12.2 Å². The van der Waals surface area contributed by atoms with E-state index in [0.29, 0.717) is 5.92 Å². The average Bonchev–Trinajstić information content (AvgIpc) is 2.30. The number of carbonyl (C=O) groups is 1. The van der Waals surface area contributed by atoms with Crippen LogP contribution >= 0.6 is 0 Å². The van der Waals surface area contributed by atoms with Crippen LogP contribution in [0.15, 0.2) is 24.3 Å². The molecule has 2 N–H and O–H groups in total. The molecule has 0 amide bonds. The predicted octanol–water partition coefficient (Wildman–Crippen LogP) is 1.61. The zero-order valence-corrected chi connectivity index (χ0v) is 9.81. The minimum absolute atomic E-state index is 0.0131. The molecule has 0 aliphatic carbocycles. The lowest BCUT2D eigenvalue weighted by Gasteiger charge is -2.20. The van der Waals surface area contributed by atoms with Crippen LogP contribution in [0.4, 0.5) is 0 Å². The molecule has 0 spiro atoms. The van der Waals surface area contributed by atoms with E-state index in [9.17, 15) is 4.79 Å². The summed E-state index contributed by atoms with van der Waals surface area (Å²) >= 11 is 0. The zero-order valence-electron chi connectivity index (χ0n) is 9.81. The van der Waals surface area contributed by atoms with E-state index in [-0.39, 0.29) is 12.8 Å². The molecule has 0 saturated carbocycles. The maximum Gasteiger partial charge on any atom is 0.150 e. The van der Waals surface area contributed by atoms with Gasteiger partial charge in [-0.15, -0.1) is 0 Å². The highest BCUT2D eigenvalue weighted by molar-refractivity contribution is 5.77. The Morgan fingerprint density at radius 2 is 2.06 bits per heavy atom. The molecule has 1 rings (SSSR count). The Labute approximate surface area is 96.5 Å². The molecule has 3 heteroatoms. The van der Waals surface area contributed by atoms with Crippen LogP contribution in [-0.4, -0.2) is 24.2 Å². The van der Waals surface area contributed by atoms with Crippen molar-refractivity contribution in [3.8, 4) is 0 Å². The highest BCUT2D eigenvalue weighted by Crippen LogP contribution is 2.15. The van der Waals surface area contributed by atoms with Gasteiger partial charge in [-0.2, -0.15) is 0 Å². The van der Waals surface area contributed by atoms with Gasteiger partial charge in [0.05, 0.1) is 6.73 Å². The van der Waals surface area contributed by atoms with E-state index >= 15 is 0 Å². The minimum atomic E-state index is -0.0131. The molecule has 3 nitrogen and oxygen atoms in total. The van der Waals surface area contributed by atoms with Gasteiger partial charge in [0, 0.05) is 11.6 Å². The first-order valence-corrected chi connectivity index (χ1v) is 5.56. The third-order valence-corrected chi connectivity index (χ3v) is 2.99. The number of aliphatic hydroxyl groups excluding tert-OH is 1. The van der Waals surface area contributed by atoms with Crippen LogP contribution < -0.4 is 5.32 Å². The molecule has 1 aromatic rings. The van der Waals surface area contributed by atoms with E-state index < -0.39 is 0 Å². The second-order valence-corrected chi connectivity index (χ2v) is 4.15. The second-order valence-electron chi connectivity index (χ2n) is 4.15. The van der Waals surface area contributed by atoms with Gasteiger partial charge in [-0.3, -0.25) is 10.1 Å². The SMILES string of the molecule is CC(Cc1ccccc1C=O)C(C)NCO. The summed E-state index contributed by atoms with van der Waals surface area (Å²) in [5, 5.41) is 11.8. The van der Waals surface area contributed by atoms with Crippen LogP contribution in [0.3, 0.4) is 0 Å². The Morgan fingerprint density at radius 1 is 1.38 bits per heavy atom. The average molecular weight is 221 g/mol. The third-order valence-electron chi connectivity index (χ3n) is 2.99. The molecule has 88 valence electrons. The number of carbonyl (C=O) groups excluding carboxylic acids is 1. The van der Waals surface area contributed by atoms with Crippen LogP contribution in [0, 0.1) is 5.92 Å². The smallest absolute Gasteiger partial charge is 0.150 e. The monoisotopic (exact) mass is 221 g/mol. The molecule has 0 heterocycles. The lowest BCUT2D eigenvalue weighted by Crippen LogP contribution is -2.33. The van der Waals surface area contributed by atoms with E-state index in [1.165, 1.54) is 0 Å². The number of hydrogen-bond acceptors (Lipinski definition) is 3. The first-order valence-electron chi connectivity index (χ1n) is 5.56. The zero-order chi connectivity index (χ0) is 12.0. The third kappa shape index (κ3) is 3.43. The van der Waals surface area contributed by atoms with Crippen molar-refractivity contribution in [2.75, 3.05) is 6.73 Å². The Morgan fingerprint density at radius 3 is 2.69 bits per heavy atom. The fourth-order valence-corrected chi connectivity index (χ4v) is 1.70. The molecule has 16 heavy (non-hydrogen) atoms. The van der Waals surface area contributed by atoms with Gasteiger partial charge in [0.15, 0.2) is 0 Å². The molecule has 0 saturated heterocycles. The van der Waals surface area contributed by atoms with Crippen molar-refractivity contribution in [1.29, 1.82) is 0 Å². The lowest BCUT2D eigenvalue weighted by atomic mass is 9.92. The van der Waals surface area contributed by atoms with Gasteiger partial charge in [-0.25, -0.2) is 0 Å². The number of hydrogen-bond donors (Lipinski definition) is 2. The maximum atomic E-state index is 10.8. The Hall–Kier alpha value is -1.19. The van der Waals surface area contributed by atoms with Gasteiger partial charge in [0.1, 0.15) is 6.29 Å². The van der Waals surface area contributed by atoms with Gasteiger partial charge in [0.25, 0.3) is 0 Å². The van der Waals surface area contributed by atoms with E-state index in [4.69, 9.17) is 5.11 Å². The first-order chi connectivity index (χ1) is 7.69. The van der Waals surface area contributed by atoms with E-state index in [0.717, 1.165) is 23.8 Å². The summed E-state index contributed by atoms with van der Waals surface area (Å²) in [5.41, 5.74) is 1.82. The molecule has 0 bridgehead atoms. The summed E-state index contributed by atoms with van der Waals surface area (Å²) in [5.74, 6) is 0.369. The van der Waals surface area contributed by atoms with Crippen molar-refractivity contribution < 1.29 is 9.90 Å². The molecule has 0 radical (unpaired) electrons. The summed E-state index contributed by atoms with van der Waals surface area (Å²) in [7, 11) is 0. The minimum Gasteiger partial charge on any atom is -0.381 e. The van der Waals surface area contributed by atoms with Gasteiger partial charge < -0.3 is 5.11 Å². The first kappa shape index (κ1) is 12.9. The Bertz CT molecular complexity index is 338. The maximum absolute atomic E-state index is 10.8. The van der Waals surface area contributed by atoms with Gasteiger partial charge >= 0.3 is 0 Å². The van der Waals surface area contributed by atoms with Gasteiger partial charge in [0.2, 0.25) is 0 Å². The van der Waals surface area contributed by atoms with Crippen molar-refractivity contribution in [2.24, 2.45) is 5.92 Å². The molecule has 2 atom stereocenters. The van der Waals surface area contributed by atoms with Crippen LogP contribution in [0.2, 0.25) is 0 Å². The molecule has 0 aliphatic heterocycles. The van der Waals surface area contributed by atoms with Crippen molar-refractivity contribution >= 4 is 6.29 Å². The van der Waals surface area contributed by atoms with Crippen LogP contribution in [0.25, 0.3) is 0 Å². The van der Waals surface area contributed by atoms with Crippen molar-refractivity contribution in [3.05, 3.63) is 35.4 Å². The highest BCUT2D eigenvalue weighted by Gasteiger charge is 2.13. The lowest BCUT2D eigenvalue weighted by molar-refractivity contribution is 0.112. The number of benzene rings is 1. The summed E-state index contributed by atoms with van der Waals surface area (Å²) in [6.45, 7) is 4.13. The highest BCUT2D eigenvalue weighted by atomic mass is 16.3. The molecule has 0 aromatic heterocycles. The van der Waals surface area contributed by atoms with Crippen LogP contribution in [-0.2, 0) is 6.42 Å². The fraction of sp³-hybridized carbons (Fsp3) is 0.462. The summed E-state index contributed by atoms with van der Waals surface area (Å²) in [4.78, 5) is 10.8. The Balaban J connectivity index is 2.68. The number of aliphatic hydroxyl groups is 1. The molecular formula is C13H19NO2. The summed E-state index contributed by atoms with van der Waals surface area (Å²) < 4.78 is 0. The number of aldehydes is 1. The largest absolute Gasteiger partial charge is 0.381 e. The summed E-state index contributed by atoms with van der Waals surface area (Å²) in [6, 6.07) is 7.85. The predicted molar refractivity (Wildman–Crippen MR) is 64.4 cm³/mol. The van der Waals surface area contributed by atoms with E-state index in [1.54, 1.807) is 0 Å². The van der Waals surface area contributed by atoms with Gasteiger partial charge in [-0.05, 0) is 24.8 Å². The standard InChI is InChI=1S/C13H19NO2/c1-10(11(2)14-9-16)7-12-5-3-4-6-13(12)8-15/h3-6,8,10-11,14,16H,7,9H2,1-2H3. The normalized spacial score (nSPS) is 14.4. The quantitative estimate of drug-likeness (QED) is 0.566. The molecular weight excluding hydrogens is 202 g/mol.